The first-order valence-electron chi connectivity index (χ1n) is 10.7. The van der Waals surface area contributed by atoms with Crippen molar-refractivity contribution < 1.29 is 13.2 Å². The van der Waals surface area contributed by atoms with Gasteiger partial charge in [0.05, 0.1) is 58.7 Å². The van der Waals surface area contributed by atoms with E-state index in [0.29, 0.717) is 21.8 Å². The third-order valence-electron chi connectivity index (χ3n) is 5.43. The minimum atomic E-state index is -4.07. The number of sulfonamides is 1. The molecule has 0 aliphatic carbocycles. The first-order valence-corrected chi connectivity index (χ1v) is 12.6. The number of rotatable bonds is 8. The van der Waals surface area contributed by atoms with Crippen molar-refractivity contribution in [1.29, 1.82) is 10.5 Å². The second-order valence-electron chi connectivity index (χ2n) is 7.90. The van der Waals surface area contributed by atoms with Gasteiger partial charge >= 0.3 is 0 Å². The van der Waals surface area contributed by atoms with Gasteiger partial charge in [0.15, 0.2) is 0 Å². The van der Waals surface area contributed by atoms with Gasteiger partial charge in [-0.1, -0.05) is 35.9 Å². The number of hydrogen-bond acceptors (Lipinski definition) is 6. The molecular formula is C26H20ClN5O3S. The molecule has 36 heavy (non-hydrogen) atoms. The molecule has 1 N–H and O–H groups in total. The lowest BCUT2D eigenvalue weighted by molar-refractivity contribution is 0.0608. The molecular weight excluding hydrogens is 498 g/mol. The number of anilines is 1. The second kappa shape index (κ2) is 10.6. The molecule has 0 saturated heterocycles. The highest BCUT2D eigenvalue weighted by Crippen LogP contribution is 2.29. The van der Waals surface area contributed by atoms with E-state index in [9.17, 15) is 13.7 Å². The second-order valence-corrected chi connectivity index (χ2v) is 9.99. The molecule has 4 rings (SSSR count). The van der Waals surface area contributed by atoms with Crippen LogP contribution in [0.25, 0.3) is 0 Å². The van der Waals surface area contributed by atoms with Crippen molar-refractivity contribution in [2.75, 3.05) is 4.72 Å². The van der Waals surface area contributed by atoms with Gasteiger partial charge in [-0.3, -0.25) is 4.72 Å². The van der Waals surface area contributed by atoms with E-state index in [0.717, 1.165) is 11.3 Å². The Morgan fingerprint density at radius 3 is 2.42 bits per heavy atom. The molecule has 3 aromatic carbocycles. The van der Waals surface area contributed by atoms with Crippen molar-refractivity contribution in [3.05, 3.63) is 112 Å². The standard InChI is InChI=1S/C26H20ClN5O3S/c1-32-17-30-15-24(32)26(20-8-5-18(13-28)6-9-20)35-16-21-10-7-19(14-29)11-25(21)36(33,34)31-23-4-2-3-22(27)12-23/h2-12,15,17,26,31H,16H2,1H3. The van der Waals surface area contributed by atoms with E-state index >= 15 is 0 Å². The first-order chi connectivity index (χ1) is 17.3. The molecule has 180 valence electrons. The van der Waals surface area contributed by atoms with Gasteiger partial charge < -0.3 is 9.30 Å². The Labute approximate surface area is 214 Å². The van der Waals surface area contributed by atoms with Gasteiger partial charge in [0.25, 0.3) is 10.0 Å². The Hall–Kier alpha value is -4.15. The Morgan fingerprint density at radius 1 is 1.06 bits per heavy atom. The molecule has 0 fully saturated rings. The van der Waals surface area contributed by atoms with Gasteiger partial charge in [0.2, 0.25) is 0 Å². The average Bonchev–Trinajstić information content (AvgIpc) is 3.29. The van der Waals surface area contributed by atoms with Crippen LogP contribution in [0.15, 0.2) is 84.1 Å². The molecule has 4 aromatic rings. The SMILES string of the molecule is Cn1cncc1C(OCc1ccc(C#N)cc1S(=O)(=O)Nc1cccc(Cl)c1)c1ccc(C#N)cc1. The van der Waals surface area contributed by atoms with Gasteiger partial charge in [-0.15, -0.1) is 0 Å². The summed E-state index contributed by atoms with van der Waals surface area (Å²) in [7, 11) is -2.24. The highest BCUT2D eigenvalue weighted by molar-refractivity contribution is 7.92. The molecule has 1 atom stereocenters. The number of ether oxygens (including phenoxy) is 1. The van der Waals surface area contributed by atoms with Crippen LogP contribution < -0.4 is 4.72 Å². The lowest BCUT2D eigenvalue weighted by Gasteiger charge is -2.20. The van der Waals surface area contributed by atoms with Gasteiger partial charge in [-0.25, -0.2) is 13.4 Å². The molecule has 10 heteroatoms. The molecule has 0 amide bonds. The fourth-order valence-electron chi connectivity index (χ4n) is 3.63. The Morgan fingerprint density at radius 2 is 1.78 bits per heavy atom. The number of nitrogens with one attached hydrogen (secondary N) is 1. The minimum Gasteiger partial charge on any atom is -0.362 e. The van der Waals surface area contributed by atoms with E-state index in [-0.39, 0.29) is 17.1 Å². The Bertz CT molecular complexity index is 1590. The lowest BCUT2D eigenvalue weighted by atomic mass is 10.0. The number of benzene rings is 3. The predicted molar refractivity (Wildman–Crippen MR) is 134 cm³/mol. The number of imidazole rings is 1. The number of hydrogen-bond donors (Lipinski definition) is 1. The zero-order valence-electron chi connectivity index (χ0n) is 19.1. The molecule has 0 aliphatic rings. The summed E-state index contributed by atoms with van der Waals surface area (Å²) in [6.45, 7) is -0.0760. The molecule has 8 nitrogen and oxygen atoms in total. The third kappa shape index (κ3) is 5.56. The highest BCUT2D eigenvalue weighted by atomic mass is 35.5. The van der Waals surface area contributed by atoms with Crippen molar-refractivity contribution in [2.45, 2.75) is 17.6 Å². The summed E-state index contributed by atoms with van der Waals surface area (Å²) in [5, 5.41) is 18.9. The van der Waals surface area contributed by atoms with Gasteiger partial charge in [-0.2, -0.15) is 10.5 Å². The lowest BCUT2D eigenvalue weighted by Crippen LogP contribution is -2.17. The molecule has 1 heterocycles. The van der Waals surface area contributed by atoms with Crippen LogP contribution in [0, 0.1) is 22.7 Å². The summed E-state index contributed by atoms with van der Waals surface area (Å²) in [5.74, 6) is 0. The summed E-state index contributed by atoms with van der Waals surface area (Å²) >= 11 is 6.00. The monoisotopic (exact) mass is 517 g/mol. The fourth-order valence-corrected chi connectivity index (χ4v) is 5.13. The number of nitrogens with zero attached hydrogens (tertiary/aromatic N) is 4. The highest BCUT2D eigenvalue weighted by Gasteiger charge is 2.23. The quantitative estimate of drug-likeness (QED) is 0.354. The van der Waals surface area contributed by atoms with Crippen LogP contribution in [-0.2, 0) is 28.4 Å². The summed E-state index contributed by atoms with van der Waals surface area (Å²) in [6, 6.07) is 21.8. The van der Waals surface area contributed by atoms with Crippen molar-refractivity contribution in [3.8, 4) is 12.1 Å². The number of aryl methyl sites for hydroxylation is 1. The van der Waals surface area contributed by atoms with E-state index in [1.54, 1.807) is 65.6 Å². The zero-order chi connectivity index (χ0) is 25.7. The fraction of sp³-hybridized carbons (Fsp3) is 0.115. The maximum atomic E-state index is 13.3. The molecule has 0 spiro atoms. The molecule has 1 unspecified atom stereocenters. The van der Waals surface area contributed by atoms with E-state index in [4.69, 9.17) is 21.6 Å². The van der Waals surface area contributed by atoms with E-state index in [1.165, 1.54) is 18.2 Å². The smallest absolute Gasteiger partial charge is 0.262 e. The maximum absolute atomic E-state index is 13.3. The summed E-state index contributed by atoms with van der Waals surface area (Å²) in [6.07, 6.45) is 2.72. The number of halogens is 1. The Balaban J connectivity index is 1.68. The molecule has 0 aliphatic heterocycles. The van der Waals surface area contributed by atoms with Gasteiger partial charge in [-0.05, 0) is 53.6 Å². The number of nitriles is 2. The van der Waals surface area contributed by atoms with Crippen molar-refractivity contribution in [1.82, 2.24) is 9.55 Å². The topological polar surface area (TPSA) is 121 Å². The van der Waals surface area contributed by atoms with Crippen LogP contribution >= 0.6 is 11.6 Å². The zero-order valence-corrected chi connectivity index (χ0v) is 20.7. The van der Waals surface area contributed by atoms with Crippen LogP contribution in [0.2, 0.25) is 5.02 Å². The maximum Gasteiger partial charge on any atom is 0.262 e. The van der Waals surface area contributed by atoms with Gasteiger partial charge in [0.1, 0.15) is 6.10 Å². The minimum absolute atomic E-state index is 0.0760. The van der Waals surface area contributed by atoms with Gasteiger partial charge in [0, 0.05) is 12.1 Å². The third-order valence-corrected chi connectivity index (χ3v) is 7.13. The molecule has 0 saturated carbocycles. The van der Waals surface area contributed by atoms with Crippen LogP contribution in [0.3, 0.4) is 0 Å². The van der Waals surface area contributed by atoms with E-state index in [2.05, 4.69) is 15.8 Å². The van der Waals surface area contributed by atoms with Crippen molar-refractivity contribution in [3.63, 3.8) is 0 Å². The summed E-state index contributed by atoms with van der Waals surface area (Å²) in [5.41, 5.74) is 2.88. The van der Waals surface area contributed by atoms with E-state index < -0.39 is 16.1 Å². The normalized spacial score (nSPS) is 11.9. The average molecular weight is 518 g/mol. The van der Waals surface area contributed by atoms with Crippen LogP contribution in [0.4, 0.5) is 5.69 Å². The number of aromatic nitrogens is 2. The summed E-state index contributed by atoms with van der Waals surface area (Å²) in [4.78, 5) is 4.09. The first kappa shape index (κ1) is 25.0. The van der Waals surface area contributed by atoms with Crippen molar-refractivity contribution >= 4 is 27.3 Å². The molecule has 1 aromatic heterocycles. The van der Waals surface area contributed by atoms with E-state index in [1.807, 2.05) is 13.1 Å². The largest absolute Gasteiger partial charge is 0.362 e. The summed E-state index contributed by atoms with van der Waals surface area (Å²) < 4.78 is 37.2. The molecule has 0 bridgehead atoms. The predicted octanol–water partition coefficient (Wildman–Crippen LogP) is 4.92. The van der Waals surface area contributed by atoms with Crippen LogP contribution in [-0.4, -0.2) is 18.0 Å². The molecule has 0 radical (unpaired) electrons. The van der Waals surface area contributed by atoms with Crippen LogP contribution in [0.5, 0.6) is 0 Å². The Kier molecular flexibility index (Phi) is 7.37. The van der Waals surface area contributed by atoms with Crippen molar-refractivity contribution in [2.24, 2.45) is 7.05 Å². The van der Waals surface area contributed by atoms with Crippen LogP contribution in [0.1, 0.15) is 34.1 Å².